The molecule has 0 aromatic heterocycles. The van der Waals surface area contributed by atoms with E-state index in [-0.39, 0.29) is 18.2 Å². The minimum absolute atomic E-state index is 0.141. The van der Waals surface area contributed by atoms with Gasteiger partial charge in [-0.1, -0.05) is 28.1 Å². The second-order valence-corrected chi connectivity index (χ2v) is 6.91. The third-order valence-electron chi connectivity index (χ3n) is 3.90. The molecular formula is C19H19BrN2O4. The number of halogens is 1. The van der Waals surface area contributed by atoms with Crippen molar-refractivity contribution in [3.05, 3.63) is 52.0 Å². The van der Waals surface area contributed by atoms with Crippen molar-refractivity contribution < 1.29 is 19.1 Å². The number of para-hydroxylation sites is 1. The third kappa shape index (κ3) is 3.99. The van der Waals surface area contributed by atoms with Gasteiger partial charge in [0.2, 0.25) is 5.91 Å². The molecule has 0 unspecified atom stereocenters. The first-order chi connectivity index (χ1) is 12.5. The molecule has 0 fully saturated rings. The van der Waals surface area contributed by atoms with Gasteiger partial charge in [-0.05, 0) is 29.8 Å². The standard InChI is InChI=1S/C19H19BrN2O4/c1-22(2)19(24)13-5-3-4-6-15(13)21-18(23)10-12-9-16-17(11-14(12)20)26-8-7-25-16/h3-6,9,11H,7-8,10H2,1-2H3,(H,21,23). The summed E-state index contributed by atoms with van der Waals surface area (Å²) < 4.78 is 11.9. The number of nitrogens with zero attached hydrogens (tertiary/aromatic N) is 1. The van der Waals surface area contributed by atoms with Gasteiger partial charge in [-0.25, -0.2) is 0 Å². The highest BCUT2D eigenvalue weighted by atomic mass is 79.9. The highest BCUT2D eigenvalue weighted by molar-refractivity contribution is 9.10. The summed E-state index contributed by atoms with van der Waals surface area (Å²) in [6.07, 6.45) is 0.141. The van der Waals surface area contributed by atoms with E-state index in [1.807, 2.05) is 0 Å². The summed E-state index contributed by atoms with van der Waals surface area (Å²) in [5.74, 6) is 0.905. The second-order valence-electron chi connectivity index (χ2n) is 6.06. The Morgan fingerprint density at radius 2 is 1.77 bits per heavy atom. The van der Waals surface area contributed by atoms with E-state index in [0.717, 1.165) is 10.0 Å². The van der Waals surface area contributed by atoms with Crippen molar-refractivity contribution in [2.24, 2.45) is 0 Å². The summed E-state index contributed by atoms with van der Waals surface area (Å²) in [7, 11) is 3.35. The molecule has 2 amide bonds. The Kier molecular flexibility index (Phi) is 5.46. The molecular weight excluding hydrogens is 400 g/mol. The van der Waals surface area contributed by atoms with E-state index >= 15 is 0 Å². The number of hydrogen-bond acceptors (Lipinski definition) is 4. The largest absolute Gasteiger partial charge is 0.486 e. The molecule has 3 rings (SSSR count). The van der Waals surface area contributed by atoms with Gasteiger partial charge in [0.1, 0.15) is 13.2 Å². The highest BCUT2D eigenvalue weighted by Gasteiger charge is 2.18. The number of amides is 2. The lowest BCUT2D eigenvalue weighted by atomic mass is 10.1. The van der Waals surface area contributed by atoms with Crippen LogP contribution in [0.15, 0.2) is 40.9 Å². The summed E-state index contributed by atoms with van der Waals surface area (Å²) in [6, 6.07) is 10.6. The van der Waals surface area contributed by atoms with Gasteiger partial charge in [0.15, 0.2) is 11.5 Å². The quantitative estimate of drug-likeness (QED) is 0.827. The van der Waals surface area contributed by atoms with Gasteiger partial charge in [0, 0.05) is 18.6 Å². The van der Waals surface area contributed by atoms with Crippen LogP contribution >= 0.6 is 15.9 Å². The highest BCUT2D eigenvalue weighted by Crippen LogP contribution is 2.35. The van der Waals surface area contributed by atoms with Gasteiger partial charge in [-0.2, -0.15) is 0 Å². The first kappa shape index (κ1) is 18.3. The number of hydrogen-bond donors (Lipinski definition) is 1. The maximum Gasteiger partial charge on any atom is 0.255 e. The van der Waals surface area contributed by atoms with Gasteiger partial charge in [-0.15, -0.1) is 0 Å². The lowest BCUT2D eigenvalue weighted by Gasteiger charge is -2.20. The zero-order valence-electron chi connectivity index (χ0n) is 14.5. The van der Waals surface area contributed by atoms with Crippen LogP contribution in [0.4, 0.5) is 5.69 Å². The molecule has 26 heavy (non-hydrogen) atoms. The molecule has 2 aromatic carbocycles. The van der Waals surface area contributed by atoms with Crippen molar-refractivity contribution in [3.63, 3.8) is 0 Å². The molecule has 1 heterocycles. The maximum absolute atomic E-state index is 12.5. The predicted molar refractivity (Wildman–Crippen MR) is 102 cm³/mol. The summed E-state index contributed by atoms with van der Waals surface area (Å²) in [5.41, 5.74) is 1.72. The Morgan fingerprint density at radius 1 is 1.12 bits per heavy atom. The van der Waals surface area contributed by atoms with Crippen LogP contribution in [0.2, 0.25) is 0 Å². The number of fused-ring (bicyclic) bond motifs is 1. The van der Waals surface area contributed by atoms with Crippen molar-refractivity contribution in [1.82, 2.24) is 4.90 Å². The van der Waals surface area contributed by atoms with Crippen molar-refractivity contribution in [2.45, 2.75) is 6.42 Å². The molecule has 2 aromatic rings. The van der Waals surface area contributed by atoms with Crippen LogP contribution in [0.25, 0.3) is 0 Å². The van der Waals surface area contributed by atoms with E-state index in [2.05, 4.69) is 21.2 Å². The minimum Gasteiger partial charge on any atom is -0.486 e. The van der Waals surface area contributed by atoms with Crippen LogP contribution in [0.1, 0.15) is 15.9 Å². The van der Waals surface area contributed by atoms with Crippen molar-refractivity contribution in [1.29, 1.82) is 0 Å². The number of carbonyl (C=O) groups is 2. The molecule has 0 spiro atoms. The van der Waals surface area contributed by atoms with Crippen LogP contribution in [-0.2, 0) is 11.2 Å². The third-order valence-corrected chi connectivity index (χ3v) is 4.64. The lowest BCUT2D eigenvalue weighted by Crippen LogP contribution is -2.24. The number of ether oxygens (including phenoxy) is 2. The van der Waals surface area contributed by atoms with Gasteiger partial charge >= 0.3 is 0 Å². The lowest BCUT2D eigenvalue weighted by molar-refractivity contribution is -0.115. The Labute approximate surface area is 160 Å². The summed E-state index contributed by atoms with van der Waals surface area (Å²) in [5, 5.41) is 2.82. The molecule has 6 nitrogen and oxygen atoms in total. The van der Waals surface area contributed by atoms with Crippen molar-refractivity contribution >= 4 is 33.4 Å². The van der Waals surface area contributed by atoms with Crippen molar-refractivity contribution in [2.75, 3.05) is 32.6 Å². The summed E-state index contributed by atoms with van der Waals surface area (Å²) in [6.45, 7) is 0.996. The first-order valence-corrected chi connectivity index (χ1v) is 8.93. The molecule has 1 aliphatic rings. The van der Waals surface area contributed by atoms with E-state index in [4.69, 9.17) is 9.47 Å². The first-order valence-electron chi connectivity index (χ1n) is 8.14. The summed E-state index contributed by atoms with van der Waals surface area (Å²) in [4.78, 5) is 26.2. The van der Waals surface area contributed by atoms with E-state index < -0.39 is 0 Å². The number of carbonyl (C=O) groups excluding carboxylic acids is 2. The Morgan fingerprint density at radius 3 is 2.46 bits per heavy atom. The SMILES string of the molecule is CN(C)C(=O)c1ccccc1NC(=O)Cc1cc2c(cc1Br)OCCO2. The molecule has 0 saturated heterocycles. The number of rotatable bonds is 4. The molecule has 1 aliphatic heterocycles. The van der Waals surface area contributed by atoms with Crippen LogP contribution in [0.5, 0.6) is 11.5 Å². The minimum atomic E-state index is -0.221. The van der Waals surface area contributed by atoms with Crippen LogP contribution in [-0.4, -0.2) is 44.0 Å². The molecule has 136 valence electrons. The Bertz CT molecular complexity index is 851. The Hall–Kier alpha value is -2.54. The average Bonchev–Trinajstić information content (AvgIpc) is 2.62. The summed E-state index contributed by atoms with van der Waals surface area (Å²) >= 11 is 3.47. The van der Waals surface area contributed by atoms with Crippen LogP contribution < -0.4 is 14.8 Å². The molecule has 1 N–H and O–H groups in total. The fourth-order valence-corrected chi connectivity index (χ4v) is 3.09. The van der Waals surface area contributed by atoms with Gasteiger partial charge in [0.05, 0.1) is 17.7 Å². The topological polar surface area (TPSA) is 67.9 Å². The molecule has 0 atom stereocenters. The molecule has 0 bridgehead atoms. The average molecular weight is 419 g/mol. The number of nitrogens with one attached hydrogen (secondary N) is 1. The van der Waals surface area contributed by atoms with Crippen LogP contribution in [0, 0.1) is 0 Å². The fraction of sp³-hybridized carbons (Fsp3) is 0.263. The number of anilines is 1. The van der Waals surface area contributed by atoms with E-state index in [1.54, 1.807) is 50.5 Å². The monoisotopic (exact) mass is 418 g/mol. The predicted octanol–water partition coefficient (Wildman–Crippen LogP) is 3.10. The molecule has 7 heteroatoms. The van der Waals surface area contributed by atoms with E-state index in [0.29, 0.717) is 36.0 Å². The Balaban J connectivity index is 1.77. The van der Waals surface area contributed by atoms with Crippen LogP contribution in [0.3, 0.4) is 0 Å². The normalized spacial score (nSPS) is 12.4. The fourth-order valence-electron chi connectivity index (χ4n) is 2.63. The zero-order chi connectivity index (χ0) is 18.7. The van der Waals surface area contributed by atoms with E-state index in [1.165, 1.54) is 4.90 Å². The smallest absolute Gasteiger partial charge is 0.255 e. The molecule has 0 radical (unpaired) electrons. The van der Waals surface area contributed by atoms with Gasteiger partial charge in [-0.3, -0.25) is 9.59 Å². The van der Waals surface area contributed by atoms with Crippen molar-refractivity contribution in [3.8, 4) is 11.5 Å². The molecule has 0 saturated carbocycles. The maximum atomic E-state index is 12.5. The molecule has 0 aliphatic carbocycles. The van der Waals surface area contributed by atoms with Gasteiger partial charge in [0.25, 0.3) is 5.91 Å². The zero-order valence-corrected chi connectivity index (χ0v) is 16.1. The number of benzene rings is 2. The van der Waals surface area contributed by atoms with Gasteiger partial charge < -0.3 is 19.7 Å². The van der Waals surface area contributed by atoms with E-state index in [9.17, 15) is 9.59 Å². The second kappa shape index (κ2) is 7.78.